The van der Waals surface area contributed by atoms with Gasteiger partial charge in [0.15, 0.2) is 5.65 Å². The molecule has 46 heavy (non-hydrogen) atoms. The number of aromatic nitrogens is 5. The van der Waals surface area contributed by atoms with Gasteiger partial charge in [-0.25, -0.2) is 19.6 Å². The highest BCUT2D eigenvalue weighted by molar-refractivity contribution is 5.96. The number of nitrogens with zero attached hydrogens (tertiary/aromatic N) is 7. The van der Waals surface area contributed by atoms with Crippen molar-refractivity contribution in [2.45, 2.75) is 52.2 Å². The number of hydrogen-bond acceptors (Lipinski definition) is 8. The second-order valence-electron chi connectivity index (χ2n) is 11.0. The molecule has 0 aliphatic rings. The first-order chi connectivity index (χ1) is 22.3. The van der Waals surface area contributed by atoms with Gasteiger partial charge in [0, 0.05) is 62.8 Å². The molecule has 4 amide bonds. The van der Waals surface area contributed by atoms with E-state index >= 15 is 0 Å². The molecule has 0 aliphatic heterocycles. The molecule has 14 nitrogen and oxygen atoms in total. The zero-order valence-electron chi connectivity index (χ0n) is 26.5. The fraction of sp³-hybridized carbons (Fsp3) is 0.406. The van der Waals surface area contributed by atoms with Gasteiger partial charge in [0.25, 0.3) is 0 Å². The molecular formula is C32H41N9O5. The van der Waals surface area contributed by atoms with Gasteiger partial charge in [-0.05, 0) is 30.2 Å². The highest BCUT2D eigenvalue weighted by Gasteiger charge is 2.19. The van der Waals surface area contributed by atoms with Gasteiger partial charge in [-0.3, -0.25) is 18.8 Å². The fourth-order valence-corrected chi connectivity index (χ4v) is 4.77. The fourth-order valence-electron chi connectivity index (χ4n) is 4.77. The lowest BCUT2D eigenvalue weighted by Crippen LogP contribution is -2.39. The van der Waals surface area contributed by atoms with Gasteiger partial charge in [-0.15, -0.1) is 0 Å². The van der Waals surface area contributed by atoms with E-state index in [-0.39, 0.29) is 38.2 Å². The number of hydrogen-bond donors (Lipinski definition) is 2. The van der Waals surface area contributed by atoms with Gasteiger partial charge >= 0.3 is 12.1 Å². The predicted octanol–water partition coefficient (Wildman–Crippen LogP) is 4.12. The summed E-state index contributed by atoms with van der Waals surface area (Å²) in [6.07, 6.45) is 12.8. The third kappa shape index (κ3) is 9.13. The van der Waals surface area contributed by atoms with Crippen molar-refractivity contribution in [2.75, 3.05) is 39.0 Å². The number of unbranched alkanes of at least 4 members (excludes halogenated alkanes) is 4. The summed E-state index contributed by atoms with van der Waals surface area (Å²) >= 11 is 0. The van der Waals surface area contributed by atoms with Crippen molar-refractivity contribution in [1.82, 2.24) is 39.4 Å². The summed E-state index contributed by atoms with van der Waals surface area (Å²) in [7, 11) is 3.26. The van der Waals surface area contributed by atoms with Crippen LogP contribution in [0.1, 0.15) is 44.6 Å². The largest absolute Gasteiger partial charge is 0.445 e. The molecular weight excluding hydrogens is 590 g/mol. The number of nitrogens with one attached hydrogen (secondary N) is 2. The van der Waals surface area contributed by atoms with E-state index in [1.54, 1.807) is 50.8 Å². The van der Waals surface area contributed by atoms with Crippen molar-refractivity contribution in [1.29, 1.82) is 0 Å². The van der Waals surface area contributed by atoms with E-state index < -0.39 is 6.09 Å². The topological polar surface area (TPSA) is 157 Å². The first-order valence-corrected chi connectivity index (χ1v) is 15.3. The maximum Gasteiger partial charge on any atom is 0.409 e. The lowest BCUT2D eigenvalue weighted by Gasteiger charge is -2.22. The molecule has 4 aromatic rings. The highest BCUT2D eigenvalue weighted by Crippen LogP contribution is 2.26. The van der Waals surface area contributed by atoms with Gasteiger partial charge in [-0.2, -0.15) is 5.10 Å². The third-order valence-electron chi connectivity index (χ3n) is 7.44. The Morgan fingerprint density at radius 1 is 0.978 bits per heavy atom. The molecule has 0 bridgehead atoms. The number of likely N-dealkylation sites (N-methyl/N-ethyl adjacent to an activating group) is 2. The van der Waals surface area contributed by atoms with Crippen LogP contribution >= 0.6 is 0 Å². The summed E-state index contributed by atoms with van der Waals surface area (Å²) in [4.78, 5) is 59.7. The van der Waals surface area contributed by atoms with Crippen LogP contribution < -0.4 is 10.6 Å². The first kappa shape index (κ1) is 33.6. The monoisotopic (exact) mass is 631 g/mol. The molecule has 0 spiro atoms. The Labute approximate surface area is 267 Å². The molecule has 0 radical (unpaired) electrons. The molecule has 14 heteroatoms. The number of carbonyl (C=O) groups excluding carboxylic acids is 4. The number of aryl methyl sites for hydroxylation is 1. The molecule has 4 rings (SSSR count). The Morgan fingerprint density at radius 3 is 2.50 bits per heavy atom. The van der Waals surface area contributed by atoms with Crippen LogP contribution in [0.25, 0.3) is 22.3 Å². The Morgan fingerprint density at radius 2 is 1.74 bits per heavy atom. The van der Waals surface area contributed by atoms with E-state index in [4.69, 9.17) is 4.74 Å². The van der Waals surface area contributed by atoms with Crippen molar-refractivity contribution in [3.8, 4) is 11.3 Å². The van der Waals surface area contributed by atoms with Gasteiger partial charge in [0.1, 0.15) is 12.9 Å². The lowest BCUT2D eigenvalue weighted by molar-refractivity contribution is -0.118. The molecule has 0 saturated heterocycles. The maximum atomic E-state index is 13.3. The molecule has 0 saturated carbocycles. The van der Waals surface area contributed by atoms with E-state index in [1.807, 2.05) is 16.9 Å². The molecule has 0 unspecified atom stereocenters. The molecule has 0 atom stereocenters. The summed E-state index contributed by atoms with van der Waals surface area (Å²) in [6.45, 7) is 3.48. The summed E-state index contributed by atoms with van der Waals surface area (Å²) in [5.41, 5.74) is 3.35. The van der Waals surface area contributed by atoms with Crippen LogP contribution in [0.3, 0.4) is 0 Å². The van der Waals surface area contributed by atoms with Crippen LogP contribution in [-0.4, -0.2) is 92.3 Å². The smallest absolute Gasteiger partial charge is 0.409 e. The zero-order valence-corrected chi connectivity index (χ0v) is 26.5. The summed E-state index contributed by atoms with van der Waals surface area (Å²) < 4.78 is 8.81. The number of anilines is 1. The normalized spacial score (nSPS) is 10.8. The van der Waals surface area contributed by atoms with Crippen molar-refractivity contribution in [2.24, 2.45) is 0 Å². The average molecular weight is 632 g/mol. The highest BCUT2D eigenvalue weighted by atomic mass is 16.6. The second-order valence-corrected chi connectivity index (χ2v) is 11.0. The van der Waals surface area contributed by atoms with E-state index in [1.165, 1.54) is 46.4 Å². The van der Waals surface area contributed by atoms with E-state index in [2.05, 4.69) is 32.6 Å². The number of benzene rings is 1. The quantitative estimate of drug-likeness (QED) is 0.138. The number of amides is 4. The Kier molecular flexibility index (Phi) is 12.2. The number of carbonyl (C=O) groups is 4. The van der Waals surface area contributed by atoms with Gasteiger partial charge < -0.3 is 25.2 Å². The van der Waals surface area contributed by atoms with Crippen molar-refractivity contribution in [3.63, 3.8) is 0 Å². The van der Waals surface area contributed by atoms with Crippen LogP contribution in [-0.2, 0) is 27.5 Å². The third-order valence-corrected chi connectivity index (χ3v) is 7.44. The van der Waals surface area contributed by atoms with Crippen LogP contribution in [0.4, 0.5) is 15.3 Å². The molecule has 0 fully saturated rings. The molecule has 3 aromatic heterocycles. The second kappa shape index (κ2) is 16.7. The summed E-state index contributed by atoms with van der Waals surface area (Å²) in [5, 5.41) is 10.2. The van der Waals surface area contributed by atoms with Crippen molar-refractivity contribution in [3.05, 3.63) is 60.8 Å². The van der Waals surface area contributed by atoms with Gasteiger partial charge in [-0.1, -0.05) is 44.7 Å². The Balaban J connectivity index is 1.27. The van der Waals surface area contributed by atoms with Gasteiger partial charge in [0.2, 0.25) is 12.3 Å². The molecule has 1 aromatic carbocycles. The summed E-state index contributed by atoms with van der Waals surface area (Å²) in [5.74, 6) is -0.355. The minimum Gasteiger partial charge on any atom is -0.445 e. The molecule has 0 aliphatic carbocycles. The number of fused-ring (bicyclic) bond motifs is 1. The minimum absolute atomic E-state index is 0.0358. The molecule has 244 valence electrons. The van der Waals surface area contributed by atoms with E-state index in [0.29, 0.717) is 23.4 Å². The van der Waals surface area contributed by atoms with E-state index in [0.717, 1.165) is 29.5 Å². The lowest BCUT2D eigenvalue weighted by atomic mass is 10.1. The number of rotatable bonds is 16. The summed E-state index contributed by atoms with van der Waals surface area (Å²) in [6, 6.07) is 8.33. The minimum atomic E-state index is -0.538. The maximum absolute atomic E-state index is 13.3. The Bertz CT molecular complexity index is 1620. The van der Waals surface area contributed by atoms with E-state index in [9.17, 15) is 19.2 Å². The van der Waals surface area contributed by atoms with Crippen LogP contribution in [0.2, 0.25) is 0 Å². The van der Waals surface area contributed by atoms with Crippen LogP contribution in [0.5, 0.6) is 0 Å². The zero-order chi connectivity index (χ0) is 32.9. The standard InChI is InChI=1S/C32H41N9O5/c1-4-5-6-7-8-14-40-20-25(18-36-40)29-27-13-15-41(30(27)35-22-34-29)31(44)38(2)16-17-39(3)32(45)46-21-24-9-11-26(12-10-24)37-28(43)19-33-23-42/h9-13,15,18,20,22-23H,4-8,14,16-17,19,21H2,1-3H3,(H,33,42)(H,37,43). The Hall–Kier alpha value is -5.27. The average Bonchev–Trinajstić information content (AvgIpc) is 3.72. The van der Waals surface area contributed by atoms with Crippen molar-refractivity contribution >= 4 is 41.2 Å². The molecule has 2 N–H and O–H groups in total. The predicted molar refractivity (Wildman–Crippen MR) is 173 cm³/mol. The van der Waals surface area contributed by atoms with Crippen molar-refractivity contribution < 1.29 is 23.9 Å². The van der Waals surface area contributed by atoms with Gasteiger partial charge in [0.05, 0.1) is 18.4 Å². The van der Waals surface area contributed by atoms with Crippen LogP contribution in [0, 0.1) is 0 Å². The van der Waals surface area contributed by atoms with Crippen LogP contribution in [0.15, 0.2) is 55.2 Å². The SMILES string of the molecule is CCCCCCCn1cc(-c2ncnc3c2ccn3C(=O)N(C)CCN(C)C(=O)OCc2ccc(NC(=O)CNC=O)cc2)cn1. The number of ether oxygens (including phenoxy) is 1. The molecule has 3 heterocycles. The first-order valence-electron chi connectivity index (χ1n) is 15.3.